The lowest BCUT2D eigenvalue weighted by Gasteiger charge is -2.32. The molecule has 0 atom stereocenters. The molecule has 9 heteroatoms. The van der Waals surface area contributed by atoms with Crippen LogP contribution < -0.4 is 0 Å². The van der Waals surface area contributed by atoms with Crippen molar-refractivity contribution in [2.24, 2.45) is 0 Å². The first kappa shape index (κ1) is 18.0. The molecule has 0 spiro atoms. The summed E-state index contributed by atoms with van der Waals surface area (Å²) in [6.07, 6.45) is 2.54. The Morgan fingerprint density at radius 3 is 2.52 bits per heavy atom. The maximum absolute atomic E-state index is 14.5. The fourth-order valence-electron chi connectivity index (χ4n) is 2.29. The zero-order valence-corrected chi connectivity index (χ0v) is 15.0. The summed E-state index contributed by atoms with van der Waals surface area (Å²) in [6.45, 7) is 7.33. The van der Waals surface area contributed by atoms with Gasteiger partial charge in [-0.1, -0.05) is 22.9 Å². The van der Waals surface area contributed by atoms with Crippen LogP contribution in [-0.2, 0) is 9.31 Å². The molecule has 0 unspecified atom stereocenters. The van der Waals surface area contributed by atoms with Crippen molar-refractivity contribution in [1.82, 2.24) is 15.0 Å². The molecule has 25 heavy (non-hydrogen) atoms. The SMILES string of the molecule is CC1(C)OB(C(F)=Cc2cn(-c3cccc(Cl)c3F)nn2)OC1(C)C. The minimum Gasteiger partial charge on any atom is -0.398 e. The van der Waals surface area contributed by atoms with Crippen molar-refractivity contribution in [3.8, 4) is 5.69 Å². The van der Waals surface area contributed by atoms with Crippen molar-refractivity contribution in [2.45, 2.75) is 38.9 Å². The van der Waals surface area contributed by atoms with E-state index >= 15 is 0 Å². The molecule has 0 radical (unpaired) electrons. The van der Waals surface area contributed by atoms with Gasteiger partial charge in [-0.15, -0.1) is 5.10 Å². The number of rotatable bonds is 3. The van der Waals surface area contributed by atoms with Crippen LogP contribution in [0.4, 0.5) is 8.78 Å². The Balaban J connectivity index is 1.84. The monoisotopic (exact) mass is 367 g/mol. The Kier molecular flexibility index (Phi) is 4.47. The van der Waals surface area contributed by atoms with E-state index in [4.69, 9.17) is 20.9 Å². The Bertz CT molecular complexity index is 823. The van der Waals surface area contributed by atoms with E-state index in [0.29, 0.717) is 0 Å². The standard InChI is InChI=1S/C16H17BClF2N3O2/c1-15(2)16(3,4)25-17(24-15)13(19)8-10-9-23(22-21-10)12-7-5-6-11(18)14(12)20/h5-9H,1-4H3. The van der Waals surface area contributed by atoms with Gasteiger partial charge in [0, 0.05) is 0 Å². The van der Waals surface area contributed by atoms with E-state index < -0.39 is 29.9 Å². The molecule has 1 saturated heterocycles. The van der Waals surface area contributed by atoms with Crippen molar-refractivity contribution < 1.29 is 18.1 Å². The maximum Gasteiger partial charge on any atom is 0.525 e. The van der Waals surface area contributed by atoms with E-state index in [1.807, 2.05) is 27.7 Å². The molecule has 0 amide bonds. The highest BCUT2D eigenvalue weighted by atomic mass is 35.5. The molecular weight excluding hydrogens is 350 g/mol. The molecule has 2 heterocycles. The van der Waals surface area contributed by atoms with Crippen molar-refractivity contribution in [3.05, 3.63) is 46.7 Å². The van der Waals surface area contributed by atoms with Gasteiger partial charge in [0.2, 0.25) is 0 Å². The minimum atomic E-state index is -1.13. The number of halogens is 3. The average Bonchev–Trinajstić information content (AvgIpc) is 3.04. The van der Waals surface area contributed by atoms with Crippen LogP contribution in [0.15, 0.2) is 30.1 Å². The molecule has 0 bridgehead atoms. The summed E-state index contributed by atoms with van der Waals surface area (Å²) >= 11 is 5.75. The van der Waals surface area contributed by atoms with Crippen molar-refractivity contribution >= 4 is 24.8 Å². The van der Waals surface area contributed by atoms with E-state index in [2.05, 4.69) is 10.3 Å². The Morgan fingerprint density at radius 1 is 1.24 bits per heavy atom. The van der Waals surface area contributed by atoms with Gasteiger partial charge in [-0.25, -0.2) is 13.5 Å². The average molecular weight is 368 g/mol. The lowest BCUT2D eigenvalue weighted by Crippen LogP contribution is -2.41. The summed E-state index contributed by atoms with van der Waals surface area (Å²) in [4.78, 5) is 0. The van der Waals surface area contributed by atoms with Gasteiger partial charge in [0.1, 0.15) is 17.1 Å². The molecular formula is C16H17BClF2N3O2. The van der Waals surface area contributed by atoms with Gasteiger partial charge in [0.25, 0.3) is 0 Å². The second-order valence-corrected chi connectivity index (χ2v) is 7.19. The van der Waals surface area contributed by atoms with Crippen LogP contribution in [0.3, 0.4) is 0 Å². The lowest BCUT2D eigenvalue weighted by atomic mass is 9.87. The summed E-state index contributed by atoms with van der Waals surface area (Å²) in [7, 11) is -1.13. The topological polar surface area (TPSA) is 49.2 Å². The zero-order chi connectivity index (χ0) is 18.4. The first-order chi connectivity index (χ1) is 11.6. The molecule has 1 aliphatic rings. The van der Waals surface area contributed by atoms with Gasteiger partial charge >= 0.3 is 7.12 Å². The molecule has 1 aliphatic heterocycles. The normalized spacial score (nSPS) is 19.5. The summed E-state index contributed by atoms with van der Waals surface area (Å²) in [6, 6.07) is 4.51. The van der Waals surface area contributed by atoms with Crippen LogP contribution in [0.1, 0.15) is 33.4 Å². The van der Waals surface area contributed by atoms with Crippen LogP contribution in [0, 0.1) is 5.82 Å². The summed E-state index contributed by atoms with van der Waals surface area (Å²) in [5.41, 5.74) is -1.62. The zero-order valence-electron chi connectivity index (χ0n) is 14.3. The highest BCUT2D eigenvalue weighted by molar-refractivity contribution is 6.54. The third-order valence-electron chi connectivity index (χ3n) is 4.45. The molecule has 1 aromatic heterocycles. The minimum absolute atomic E-state index is 0.0338. The Labute approximate surface area is 149 Å². The first-order valence-electron chi connectivity index (χ1n) is 7.70. The van der Waals surface area contributed by atoms with E-state index in [9.17, 15) is 8.78 Å². The van der Waals surface area contributed by atoms with Crippen LogP contribution in [0.25, 0.3) is 11.8 Å². The molecule has 5 nitrogen and oxygen atoms in total. The molecule has 0 N–H and O–H groups in total. The summed E-state index contributed by atoms with van der Waals surface area (Å²) in [5, 5.41) is 7.59. The highest BCUT2D eigenvalue weighted by Crippen LogP contribution is 2.39. The van der Waals surface area contributed by atoms with Gasteiger partial charge in [0.05, 0.1) is 22.4 Å². The molecule has 1 fully saturated rings. The summed E-state index contributed by atoms with van der Waals surface area (Å²) < 4.78 is 40.9. The molecule has 2 aromatic rings. The molecule has 1 aromatic carbocycles. The fourth-order valence-corrected chi connectivity index (χ4v) is 2.46. The third kappa shape index (κ3) is 3.34. The third-order valence-corrected chi connectivity index (χ3v) is 4.75. The Hall–Kier alpha value is -1.77. The number of hydrogen-bond acceptors (Lipinski definition) is 4. The smallest absolute Gasteiger partial charge is 0.398 e. The number of aromatic nitrogens is 3. The molecule has 0 saturated carbocycles. The van der Waals surface area contributed by atoms with Crippen LogP contribution in [-0.4, -0.2) is 33.3 Å². The highest BCUT2D eigenvalue weighted by Gasteiger charge is 2.53. The van der Waals surface area contributed by atoms with Gasteiger partial charge in [-0.3, -0.25) is 0 Å². The van der Waals surface area contributed by atoms with Crippen molar-refractivity contribution in [1.29, 1.82) is 0 Å². The predicted molar refractivity (Wildman–Crippen MR) is 91.5 cm³/mol. The lowest BCUT2D eigenvalue weighted by molar-refractivity contribution is 0.00578. The van der Waals surface area contributed by atoms with Crippen molar-refractivity contribution in [2.75, 3.05) is 0 Å². The Morgan fingerprint density at radius 2 is 1.88 bits per heavy atom. The largest absolute Gasteiger partial charge is 0.525 e. The van der Waals surface area contributed by atoms with E-state index in [1.165, 1.54) is 23.0 Å². The second kappa shape index (κ2) is 6.19. The van der Waals surface area contributed by atoms with Gasteiger partial charge in [0.15, 0.2) is 5.82 Å². The number of nitrogens with zero attached hydrogens (tertiary/aromatic N) is 3. The molecule has 3 rings (SSSR count). The van der Waals surface area contributed by atoms with Crippen LogP contribution >= 0.6 is 11.6 Å². The van der Waals surface area contributed by atoms with Crippen LogP contribution in [0.2, 0.25) is 5.02 Å². The van der Waals surface area contributed by atoms with E-state index in [-0.39, 0.29) is 16.4 Å². The quantitative estimate of drug-likeness (QED) is 0.769. The summed E-state index contributed by atoms with van der Waals surface area (Å²) in [5.74, 6) is -0.629. The maximum atomic E-state index is 14.5. The first-order valence-corrected chi connectivity index (χ1v) is 8.08. The van der Waals surface area contributed by atoms with Crippen LogP contribution in [0.5, 0.6) is 0 Å². The molecule has 0 aliphatic carbocycles. The fraction of sp³-hybridized carbons (Fsp3) is 0.375. The molecule has 132 valence electrons. The number of benzene rings is 1. The number of hydrogen-bond donors (Lipinski definition) is 0. The van der Waals surface area contributed by atoms with Gasteiger partial charge in [-0.05, 0) is 45.9 Å². The van der Waals surface area contributed by atoms with E-state index in [1.54, 1.807) is 6.07 Å². The van der Waals surface area contributed by atoms with Gasteiger partial charge in [-0.2, -0.15) is 0 Å². The second-order valence-electron chi connectivity index (χ2n) is 6.78. The van der Waals surface area contributed by atoms with E-state index in [0.717, 1.165) is 6.08 Å². The predicted octanol–water partition coefficient (Wildman–Crippen LogP) is 4.00. The van der Waals surface area contributed by atoms with Gasteiger partial charge < -0.3 is 9.31 Å². The van der Waals surface area contributed by atoms with Crippen molar-refractivity contribution in [3.63, 3.8) is 0 Å².